The summed E-state index contributed by atoms with van der Waals surface area (Å²) < 4.78 is 3.00. The minimum Gasteiger partial charge on any atom is -0.331 e. The quantitative estimate of drug-likeness (QED) is 0.244. The van der Waals surface area contributed by atoms with Crippen LogP contribution in [0.3, 0.4) is 0 Å². The molecule has 0 unspecified atom stereocenters. The Labute approximate surface area is 177 Å². The second kappa shape index (κ2) is 7.43. The number of hydrogen-bond acceptors (Lipinski definition) is 8. The van der Waals surface area contributed by atoms with Crippen molar-refractivity contribution in [1.29, 1.82) is 0 Å². The molecular formula is C20H12N4O2S3. The number of thiazole rings is 2. The molecule has 0 saturated carbocycles. The Morgan fingerprint density at radius 2 is 1.59 bits per heavy atom. The van der Waals surface area contributed by atoms with Gasteiger partial charge in [0.25, 0.3) is 5.69 Å². The molecule has 1 N–H and O–H groups in total. The maximum atomic E-state index is 11.4. The van der Waals surface area contributed by atoms with E-state index in [1.165, 1.54) is 29.2 Å². The number of hydrogen-bond donors (Lipinski definition) is 1. The molecule has 5 aromatic rings. The van der Waals surface area contributed by atoms with Crippen LogP contribution in [0.2, 0.25) is 0 Å². The first kappa shape index (κ1) is 18.0. The number of non-ortho nitro benzene ring substituents is 1. The van der Waals surface area contributed by atoms with E-state index in [1.54, 1.807) is 17.4 Å². The van der Waals surface area contributed by atoms with Crippen molar-refractivity contribution in [2.75, 3.05) is 5.32 Å². The third kappa shape index (κ3) is 3.80. The summed E-state index contributed by atoms with van der Waals surface area (Å²) in [4.78, 5) is 21.0. The van der Waals surface area contributed by atoms with Gasteiger partial charge in [0.2, 0.25) is 0 Å². The maximum Gasteiger partial charge on any atom is 0.272 e. The van der Waals surface area contributed by atoms with Crippen molar-refractivity contribution >= 4 is 71.4 Å². The highest BCUT2D eigenvalue weighted by Gasteiger charge is 2.14. The standard InChI is InChI=1S/C20H12N4O2S3/c25-24(26)13-9-12(21-19-22-15-5-1-3-7-17(15)28-19)10-14(11-13)27-20-23-16-6-2-4-8-18(16)29-20/h1-11H,(H,21,22). The molecule has 2 aromatic heterocycles. The fourth-order valence-electron chi connectivity index (χ4n) is 2.86. The molecule has 2 heterocycles. The zero-order valence-electron chi connectivity index (χ0n) is 14.7. The maximum absolute atomic E-state index is 11.4. The molecule has 29 heavy (non-hydrogen) atoms. The third-order valence-electron chi connectivity index (χ3n) is 4.13. The van der Waals surface area contributed by atoms with E-state index in [0.29, 0.717) is 10.8 Å². The number of benzene rings is 3. The van der Waals surface area contributed by atoms with Crippen molar-refractivity contribution in [3.63, 3.8) is 0 Å². The number of aromatic nitrogens is 2. The SMILES string of the molecule is O=[N+]([O-])c1cc(Nc2nc3ccccc3s2)cc(Sc2nc3ccccc3s2)c1. The molecule has 0 atom stereocenters. The van der Waals surface area contributed by atoms with Crippen LogP contribution in [0.5, 0.6) is 0 Å². The lowest BCUT2D eigenvalue weighted by Crippen LogP contribution is -1.94. The van der Waals surface area contributed by atoms with Crippen molar-refractivity contribution in [3.8, 4) is 0 Å². The number of nitrogens with zero attached hydrogens (tertiary/aromatic N) is 3. The van der Waals surface area contributed by atoms with Crippen LogP contribution in [0.1, 0.15) is 0 Å². The highest BCUT2D eigenvalue weighted by molar-refractivity contribution is 8.01. The number of para-hydroxylation sites is 2. The molecule has 3 aromatic carbocycles. The molecule has 0 aliphatic rings. The zero-order valence-corrected chi connectivity index (χ0v) is 17.2. The van der Waals surface area contributed by atoms with Crippen molar-refractivity contribution in [2.24, 2.45) is 0 Å². The van der Waals surface area contributed by atoms with Crippen LogP contribution in [-0.4, -0.2) is 14.9 Å². The van der Waals surface area contributed by atoms with Crippen LogP contribution in [0.15, 0.2) is 76.0 Å². The van der Waals surface area contributed by atoms with Gasteiger partial charge in [-0.05, 0) is 30.3 Å². The summed E-state index contributed by atoms with van der Waals surface area (Å²) in [5.41, 5.74) is 2.48. The van der Waals surface area contributed by atoms with Crippen LogP contribution in [0, 0.1) is 10.1 Å². The smallest absolute Gasteiger partial charge is 0.272 e. The highest BCUT2D eigenvalue weighted by Crippen LogP contribution is 2.38. The number of nitro benzene ring substituents is 1. The average molecular weight is 437 g/mol. The van der Waals surface area contributed by atoms with Crippen LogP contribution < -0.4 is 5.32 Å². The minimum atomic E-state index is -0.383. The Morgan fingerprint density at radius 1 is 0.897 bits per heavy atom. The molecule has 0 aliphatic carbocycles. The number of nitrogens with one attached hydrogen (secondary N) is 1. The molecule has 5 rings (SSSR count). The van der Waals surface area contributed by atoms with Gasteiger partial charge in [-0.2, -0.15) is 0 Å². The van der Waals surface area contributed by atoms with Crippen molar-refractivity contribution in [2.45, 2.75) is 9.24 Å². The second-order valence-electron chi connectivity index (χ2n) is 6.13. The van der Waals surface area contributed by atoms with Crippen molar-refractivity contribution in [1.82, 2.24) is 9.97 Å². The van der Waals surface area contributed by atoms with Gasteiger partial charge in [0.15, 0.2) is 9.47 Å². The predicted molar refractivity (Wildman–Crippen MR) is 120 cm³/mol. The summed E-state index contributed by atoms with van der Waals surface area (Å²) >= 11 is 4.50. The average Bonchev–Trinajstić information content (AvgIpc) is 3.30. The van der Waals surface area contributed by atoms with Gasteiger partial charge in [-0.1, -0.05) is 47.4 Å². The normalized spacial score (nSPS) is 11.2. The van der Waals surface area contributed by atoms with E-state index >= 15 is 0 Å². The summed E-state index contributed by atoms with van der Waals surface area (Å²) in [6.45, 7) is 0. The summed E-state index contributed by atoms with van der Waals surface area (Å²) in [6, 6.07) is 20.7. The summed E-state index contributed by atoms with van der Waals surface area (Å²) in [6.07, 6.45) is 0. The molecule has 0 fully saturated rings. The van der Waals surface area contributed by atoms with E-state index in [4.69, 9.17) is 0 Å². The van der Waals surface area contributed by atoms with Gasteiger partial charge < -0.3 is 5.32 Å². The first-order chi connectivity index (χ1) is 14.1. The van der Waals surface area contributed by atoms with E-state index in [9.17, 15) is 10.1 Å². The van der Waals surface area contributed by atoms with Crippen LogP contribution in [-0.2, 0) is 0 Å². The van der Waals surface area contributed by atoms with Crippen LogP contribution in [0.4, 0.5) is 16.5 Å². The highest BCUT2D eigenvalue weighted by atomic mass is 32.2. The molecule has 0 spiro atoms. The number of fused-ring (bicyclic) bond motifs is 2. The Kier molecular flexibility index (Phi) is 4.62. The molecular weight excluding hydrogens is 424 g/mol. The Hall–Kier alpha value is -3.01. The monoisotopic (exact) mass is 436 g/mol. The van der Waals surface area contributed by atoms with Gasteiger partial charge in [-0.15, -0.1) is 11.3 Å². The lowest BCUT2D eigenvalue weighted by Gasteiger charge is -2.05. The Morgan fingerprint density at radius 3 is 2.28 bits per heavy atom. The molecule has 0 radical (unpaired) electrons. The van der Waals surface area contributed by atoms with Crippen LogP contribution in [0.25, 0.3) is 20.4 Å². The molecule has 0 saturated heterocycles. The number of nitro groups is 1. The van der Waals surface area contributed by atoms with E-state index in [2.05, 4.69) is 15.3 Å². The van der Waals surface area contributed by atoms with Gasteiger partial charge in [-0.25, -0.2) is 9.97 Å². The summed E-state index contributed by atoms with van der Waals surface area (Å²) in [5, 5.41) is 15.3. The number of anilines is 2. The fourth-order valence-corrected chi connectivity index (χ4v) is 5.88. The van der Waals surface area contributed by atoms with Gasteiger partial charge >= 0.3 is 0 Å². The zero-order chi connectivity index (χ0) is 19.8. The Bertz CT molecular complexity index is 1200. The molecule has 9 heteroatoms. The first-order valence-corrected chi connectivity index (χ1v) is 11.0. The predicted octanol–water partition coefficient (Wildman–Crippen LogP) is 6.71. The summed E-state index contributed by atoms with van der Waals surface area (Å²) in [5.74, 6) is 0. The lowest BCUT2D eigenvalue weighted by atomic mass is 10.3. The number of rotatable bonds is 5. The van der Waals surface area contributed by atoms with Crippen molar-refractivity contribution < 1.29 is 4.92 Å². The lowest BCUT2D eigenvalue weighted by molar-refractivity contribution is -0.385. The molecule has 0 amide bonds. The van der Waals surface area contributed by atoms with Gasteiger partial charge in [0, 0.05) is 22.7 Å². The van der Waals surface area contributed by atoms with Gasteiger partial charge in [-0.3, -0.25) is 10.1 Å². The Balaban J connectivity index is 1.48. The first-order valence-electron chi connectivity index (χ1n) is 8.59. The fraction of sp³-hybridized carbons (Fsp3) is 0. The van der Waals surface area contributed by atoms with Crippen molar-refractivity contribution in [3.05, 3.63) is 76.8 Å². The minimum absolute atomic E-state index is 0.0275. The molecule has 6 nitrogen and oxygen atoms in total. The summed E-state index contributed by atoms with van der Waals surface area (Å²) in [7, 11) is 0. The van der Waals surface area contributed by atoms with Gasteiger partial charge in [0.1, 0.15) is 0 Å². The van der Waals surface area contributed by atoms with Gasteiger partial charge in [0.05, 0.1) is 25.4 Å². The molecule has 0 bridgehead atoms. The van der Waals surface area contributed by atoms with Crippen LogP contribution >= 0.6 is 34.4 Å². The second-order valence-corrected chi connectivity index (χ2v) is 9.52. The van der Waals surface area contributed by atoms with E-state index in [0.717, 1.165) is 29.7 Å². The van der Waals surface area contributed by atoms with E-state index < -0.39 is 0 Å². The molecule has 142 valence electrons. The largest absolute Gasteiger partial charge is 0.331 e. The van der Waals surface area contributed by atoms with E-state index in [-0.39, 0.29) is 10.6 Å². The molecule has 0 aliphatic heterocycles. The van der Waals surface area contributed by atoms with E-state index in [1.807, 2.05) is 54.6 Å². The third-order valence-corrected chi connectivity index (χ3v) is 7.15. The topological polar surface area (TPSA) is 81.0 Å².